The van der Waals surface area contributed by atoms with Crippen LogP contribution < -0.4 is 15.4 Å². The van der Waals surface area contributed by atoms with Crippen molar-refractivity contribution in [3.05, 3.63) is 88.4 Å². The Morgan fingerprint density at radius 1 is 1.03 bits per heavy atom. The number of carbonyl (C=O) groups excluding carboxylic acids is 1. The lowest BCUT2D eigenvalue weighted by molar-refractivity contribution is 0.0975. The number of unbranched alkanes of at least 4 members (excludes halogenated alkanes) is 1. The number of rotatable bonds is 7. The summed E-state index contributed by atoms with van der Waals surface area (Å²) in [6.07, 6.45) is 3.42. The Hall–Kier alpha value is -3.82. The summed E-state index contributed by atoms with van der Waals surface area (Å²) in [4.78, 5) is 14.7. The molecule has 7 nitrogen and oxygen atoms in total. The Kier molecular flexibility index (Phi) is 7.67. The van der Waals surface area contributed by atoms with Crippen LogP contribution >= 0.6 is 28.1 Å². The van der Waals surface area contributed by atoms with Gasteiger partial charge in [0.15, 0.2) is 5.11 Å². The Bertz CT molecular complexity index is 1650. The summed E-state index contributed by atoms with van der Waals surface area (Å²) >= 11 is 9.00. The topological polar surface area (TPSA) is 81.1 Å². The highest BCUT2D eigenvalue weighted by Crippen LogP contribution is 2.36. The first kappa shape index (κ1) is 25.8. The molecule has 5 aromatic rings. The molecule has 1 amide bonds. The van der Waals surface area contributed by atoms with E-state index in [2.05, 4.69) is 55.8 Å². The van der Waals surface area contributed by atoms with Crippen molar-refractivity contribution in [3.8, 4) is 11.4 Å². The van der Waals surface area contributed by atoms with E-state index in [1.807, 2.05) is 54.6 Å². The van der Waals surface area contributed by atoms with E-state index in [1.165, 1.54) is 25.5 Å². The minimum Gasteiger partial charge on any atom is -0.495 e. The summed E-state index contributed by atoms with van der Waals surface area (Å²) in [5.74, 6) is 0.0700. The first-order chi connectivity index (χ1) is 18.5. The third-order valence-electron chi connectivity index (χ3n) is 6.24. The molecule has 2 N–H and O–H groups in total. The first-order valence-corrected chi connectivity index (χ1v) is 13.5. The summed E-state index contributed by atoms with van der Waals surface area (Å²) in [7, 11) is 1.53. The lowest BCUT2D eigenvalue weighted by atomic mass is 10.1. The zero-order chi connectivity index (χ0) is 26.6. The number of halogens is 1. The second kappa shape index (κ2) is 11.3. The fourth-order valence-corrected chi connectivity index (χ4v) is 5.22. The number of hydrogen-bond donors (Lipinski definition) is 2. The lowest BCUT2D eigenvalue weighted by Crippen LogP contribution is -2.34. The molecule has 192 valence electrons. The Morgan fingerprint density at radius 3 is 2.55 bits per heavy atom. The SMILES string of the molecule is CCCCc1ccc(-n2nc3ccc(NC(=S)NC(=O)c4cc5ccccc5c(Br)c4OC)cc3n2)cc1. The molecule has 5 rings (SSSR count). The normalized spacial score (nSPS) is 11.0. The van der Waals surface area contributed by atoms with E-state index in [9.17, 15) is 4.79 Å². The van der Waals surface area contributed by atoms with Crippen molar-refractivity contribution in [2.75, 3.05) is 12.4 Å². The van der Waals surface area contributed by atoms with Crippen molar-refractivity contribution in [2.45, 2.75) is 26.2 Å². The summed E-state index contributed by atoms with van der Waals surface area (Å²) in [6.45, 7) is 2.19. The number of nitrogens with zero attached hydrogens (tertiary/aromatic N) is 3. The van der Waals surface area contributed by atoms with Crippen molar-refractivity contribution >= 4 is 66.7 Å². The first-order valence-electron chi connectivity index (χ1n) is 12.3. The van der Waals surface area contributed by atoms with Crippen LogP contribution in [0.5, 0.6) is 5.75 Å². The maximum atomic E-state index is 13.1. The van der Waals surface area contributed by atoms with Gasteiger partial charge in [-0.3, -0.25) is 10.1 Å². The second-order valence-electron chi connectivity index (χ2n) is 8.86. The highest BCUT2D eigenvalue weighted by Gasteiger charge is 2.19. The number of thiocarbonyl (C=S) groups is 1. The number of fused-ring (bicyclic) bond motifs is 2. The fraction of sp³-hybridized carbons (Fsp3) is 0.172. The number of anilines is 1. The van der Waals surface area contributed by atoms with E-state index >= 15 is 0 Å². The molecule has 0 aliphatic rings. The molecule has 0 spiro atoms. The van der Waals surface area contributed by atoms with Crippen LogP contribution in [0.3, 0.4) is 0 Å². The van der Waals surface area contributed by atoms with Crippen LogP contribution in [-0.4, -0.2) is 33.1 Å². The monoisotopic (exact) mass is 587 g/mol. The quantitative estimate of drug-likeness (QED) is 0.203. The molecule has 0 fully saturated rings. The standard InChI is InChI=1S/C29H26BrN5O2S/c1-3-4-7-18-10-13-21(14-11-18)35-33-24-15-12-20(17-25(24)34-35)31-29(38)32-28(36)23-16-19-8-5-6-9-22(19)26(30)27(23)37-2/h5-6,8-17H,3-4,7H2,1-2H3,(H2,31,32,36,38). The van der Waals surface area contributed by atoms with Crippen molar-refractivity contribution in [2.24, 2.45) is 0 Å². The Morgan fingerprint density at radius 2 is 1.79 bits per heavy atom. The number of amides is 1. The smallest absolute Gasteiger partial charge is 0.261 e. The molecule has 0 atom stereocenters. The van der Waals surface area contributed by atoms with Gasteiger partial charge in [0, 0.05) is 5.69 Å². The van der Waals surface area contributed by atoms with Crippen LogP contribution in [0.25, 0.3) is 27.5 Å². The molecular formula is C29H26BrN5O2S. The Balaban J connectivity index is 1.31. The molecule has 0 unspecified atom stereocenters. The van der Waals surface area contributed by atoms with Crippen molar-refractivity contribution in [3.63, 3.8) is 0 Å². The van der Waals surface area contributed by atoms with Crippen molar-refractivity contribution < 1.29 is 9.53 Å². The zero-order valence-corrected chi connectivity index (χ0v) is 23.4. The maximum absolute atomic E-state index is 13.1. The van der Waals surface area contributed by atoms with Gasteiger partial charge in [0.2, 0.25) is 0 Å². The van der Waals surface area contributed by atoms with Crippen LogP contribution in [0.4, 0.5) is 5.69 Å². The third-order valence-corrected chi connectivity index (χ3v) is 7.23. The van der Waals surface area contributed by atoms with E-state index in [-0.39, 0.29) is 11.0 Å². The van der Waals surface area contributed by atoms with Gasteiger partial charge in [-0.2, -0.15) is 4.80 Å². The molecule has 0 radical (unpaired) electrons. The minimum atomic E-state index is -0.375. The van der Waals surface area contributed by atoms with Gasteiger partial charge in [-0.1, -0.05) is 49.7 Å². The highest BCUT2D eigenvalue weighted by molar-refractivity contribution is 9.10. The molecule has 38 heavy (non-hydrogen) atoms. The molecule has 4 aromatic carbocycles. The van der Waals surface area contributed by atoms with Crippen LogP contribution in [0.1, 0.15) is 35.7 Å². The second-order valence-corrected chi connectivity index (χ2v) is 10.1. The van der Waals surface area contributed by atoms with E-state index in [0.29, 0.717) is 27.0 Å². The van der Waals surface area contributed by atoms with Gasteiger partial charge in [-0.05, 0) is 93.7 Å². The van der Waals surface area contributed by atoms with Crippen LogP contribution in [0, 0.1) is 0 Å². The minimum absolute atomic E-state index is 0.163. The number of ether oxygens (including phenoxy) is 1. The van der Waals surface area contributed by atoms with Gasteiger partial charge in [0.05, 0.1) is 22.8 Å². The number of nitrogens with one attached hydrogen (secondary N) is 2. The fourth-order valence-electron chi connectivity index (χ4n) is 4.27. The predicted molar refractivity (Wildman–Crippen MR) is 159 cm³/mol. The van der Waals surface area contributed by atoms with E-state index in [0.717, 1.165) is 28.4 Å². The molecule has 0 saturated heterocycles. The number of aromatic nitrogens is 3. The van der Waals surface area contributed by atoms with Gasteiger partial charge in [0.1, 0.15) is 16.8 Å². The molecule has 0 bridgehead atoms. The van der Waals surface area contributed by atoms with E-state index < -0.39 is 0 Å². The van der Waals surface area contributed by atoms with Gasteiger partial charge in [-0.15, -0.1) is 10.2 Å². The van der Waals surface area contributed by atoms with E-state index in [4.69, 9.17) is 17.0 Å². The predicted octanol–water partition coefficient (Wildman–Crippen LogP) is 6.81. The number of methoxy groups -OCH3 is 1. The Labute approximate surface area is 234 Å². The molecule has 1 heterocycles. The van der Waals surface area contributed by atoms with Crippen molar-refractivity contribution in [1.29, 1.82) is 0 Å². The lowest BCUT2D eigenvalue weighted by Gasteiger charge is -2.14. The van der Waals surface area contributed by atoms with Gasteiger partial charge in [-0.25, -0.2) is 0 Å². The summed E-state index contributed by atoms with van der Waals surface area (Å²) < 4.78 is 6.24. The van der Waals surface area contributed by atoms with Gasteiger partial charge in [0.25, 0.3) is 5.91 Å². The molecule has 0 saturated carbocycles. The summed E-state index contributed by atoms with van der Waals surface area (Å²) in [5.41, 5.74) is 4.74. The maximum Gasteiger partial charge on any atom is 0.261 e. The number of aryl methyl sites for hydroxylation is 1. The molecule has 0 aliphatic heterocycles. The summed E-state index contributed by atoms with van der Waals surface area (Å²) in [5, 5.41) is 17.1. The number of hydrogen-bond acceptors (Lipinski definition) is 5. The number of carbonyl (C=O) groups is 1. The van der Waals surface area contributed by atoms with Crippen LogP contribution in [0.2, 0.25) is 0 Å². The highest BCUT2D eigenvalue weighted by atomic mass is 79.9. The van der Waals surface area contributed by atoms with Crippen LogP contribution in [-0.2, 0) is 6.42 Å². The molecule has 0 aliphatic carbocycles. The zero-order valence-electron chi connectivity index (χ0n) is 21.0. The van der Waals surface area contributed by atoms with Crippen LogP contribution in [0.15, 0.2) is 77.3 Å². The average Bonchev–Trinajstić information content (AvgIpc) is 3.35. The third kappa shape index (κ3) is 5.39. The number of benzene rings is 4. The molecular weight excluding hydrogens is 562 g/mol. The van der Waals surface area contributed by atoms with E-state index in [1.54, 1.807) is 10.9 Å². The summed E-state index contributed by atoms with van der Waals surface area (Å²) in [6, 6.07) is 23.4. The van der Waals surface area contributed by atoms with Crippen molar-refractivity contribution in [1.82, 2.24) is 20.3 Å². The van der Waals surface area contributed by atoms with Gasteiger partial charge < -0.3 is 10.1 Å². The largest absolute Gasteiger partial charge is 0.495 e. The molecule has 1 aromatic heterocycles. The average molecular weight is 589 g/mol. The molecule has 9 heteroatoms. The van der Waals surface area contributed by atoms with Gasteiger partial charge >= 0.3 is 0 Å².